The van der Waals surface area contributed by atoms with Crippen molar-refractivity contribution in [2.45, 2.75) is 13.5 Å². The average Bonchev–Trinajstić information content (AvgIpc) is 2.71. The van der Waals surface area contributed by atoms with Gasteiger partial charge >= 0.3 is 5.97 Å². The van der Waals surface area contributed by atoms with Gasteiger partial charge in [0.2, 0.25) is 4.96 Å². The summed E-state index contributed by atoms with van der Waals surface area (Å²) in [6.07, 6.45) is 0. The lowest BCUT2D eigenvalue weighted by atomic mass is 10.5. The van der Waals surface area contributed by atoms with Gasteiger partial charge in [0.15, 0.2) is 0 Å². The molecule has 7 nitrogen and oxygen atoms in total. The SMILES string of the molecule is COC(=O)CN(C)Cc1nn2c(=O)cc(C)nc2s1. The smallest absolute Gasteiger partial charge is 0.319 e. The van der Waals surface area contributed by atoms with E-state index in [4.69, 9.17) is 0 Å². The Labute approximate surface area is 113 Å². The van der Waals surface area contributed by atoms with Crippen LogP contribution in [0.5, 0.6) is 0 Å². The van der Waals surface area contributed by atoms with Crippen LogP contribution in [0.3, 0.4) is 0 Å². The van der Waals surface area contributed by atoms with Crippen molar-refractivity contribution in [3.63, 3.8) is 0 Å². The number of nitrogens with zero attached hydrogens (tertiary/aromatic N) is 4. The molecule has 0 fully saturated rings. The lowest BCUT2D eigenvalue weighted by Crippen LogP contribution is -2.26. The zero-order chi connectivity index (χ0) is 14.0. The Kier molecular flexibility index (Phi) is 3.91. The normalized spacial score (nSPS) is 11.2. The quantitative estimate of drug-likeness (QED) is 0.738. The third-order valence-corrected chi connectivity index (χ3v) is 3.34. The summed E-state index contributed by atoms with van der Waals surface area (Å²) in [5.41, 5.74) is 0.476. The van der Waals surface area contributed by atoms with Crippen LogP contribution in [0.15, 0.2) is 10.9 Å². The number of esters is 1. The van der Waals surface area contributed by atoms with E-state index in [0.717, 1.165) is 5.01 Å². The summed E-state index contributed by atoms with van der Waals surface area (Å²) in [5.74, 6) is -0.310. The number of carbonyl (C=O) groups excluding carboxylic acids is 1. The summed E-state index contributed by atoms with van der Waals surface area (Å²) in [4.78, 5) is 29.4. The molecule has 0 aliphatic heterocycles. The fraction of sp³-hybridized carbons (Fsp3) is 0.455. The highest BCUT2D eigenvalue weighted by atomic mass is 32.1. The van der Waals surface area contributed by atoms with Crippen molar-refractivity contribution in [3.8, 4) is 0 Å². The first-order chi connectivity index (χ1) is 8.99. The van der Waals surface area contributed by atoms with Crippen LogP contribution in [0.4, 0.5) is 0 Å². The molecule has 0 amide bonds. The molecule has 2 aromatic rings. The van der Waals surface area contributed by atoms with Crippen LogP contribution in [-0.2, 0) is 16.1 Å². The van der Waals surface area contributed by atoms with Gasteiger partial charge in [0.1, 0.15) is 5.01 Å². The molecular weight excluding hydrogens is 268 g/mol. The van der Waals surface area contributed by atoms with E-state index in [1.165, 1.54) is 29.0 Å². The Morgan fingerprint density at radius 2 is 2.32 bits per heavy atom. The second-order valence-corrected chi connectivity index (χ2v) is 5.21. The van der Waals surface area contributed by atoms with Gasteiger partial charge in [-0.3, -0.25) is 14.5 Å². The Morgan fingerprint density at radius 1 is 1.58 bits per heavy atom. The summed E-state index contributed by atoms with van der Waals surface area (Å²) in [5, 5.41) is 4.92. The molecular formula is C11H14N4O3S. The van der Waals surface area contributed by atoms with Crippen molar-refractivity contribution >= 4 is 22.3 Å². The molecule has 2 rings (SSSR count). The van der Waals surface area contributed by atoms with Crippen LogP contribution in [0.2, 0.25) is 0 Å². The number of rotatable bonds is 4. The van der Waals surface area contributed by atoms with Crippen LogP contribution < -0.4 is 5.56 Å². The molecule has 2 heterocycles. The fourth-order valence-corrected chi connectivity index (χ4v) is 2.62. The van der Waals surface area contributed by atoms with E-state index < -0.39 is 0 Å². The zero-order valence-electron chi connectivity index (χ0n) is 10.9. The largest absolute Gasteiger partial charge is 0.468 e. The molecule has 0 N–H and O–H groups in total. The zero-order valence-corrected chi connectivity index (χ0v) is 11.7. The van der Waals surface area contributed by atoms with Gasteiger partial charge in [-0.2, -0.15) is 9.61 Å². The van der Waals surface area contributed by atoms with E-state index in [9.17, 15) is 9.59 Å². The highest BCUT2D eigenvalue weighted by Crippen LogP contribution is 2.12. The summed E-state index contributed by atoms with van der Waals surface area (Å²) in [6.45, 7) is 2.40. The van der Waals surface area contributed by atoms with E-state index in [0.29, 0.717) is 17.2 Å². The molecule has 0 spiro atoms. The van der Waals surface area contributed by atoms with Gasteiger partial charge in [-0.05, 0) is 14.0 Å². The molecule has 0 saturated heterocycles. The highest BCUT2D eigenvalue weighted by Gasteiger charge is 2.12. The maximum absolute atomic E-state index is 11.7. The van der Waals surface area contributed by atoms with Crippen LogP contribution in [0, 0.1) is 6.92 Å². The minimum atomic E-state index is -0.310. The van der Waals surface area contributed by atoms with Crippen LogP contribution in [0.25, 0.3) is 4.96 Å². The first kappa shape index (κ1) is 13.6. The lowest BCUT2D eigenvalue weighted by molar-refractivity contribution is -0.141. The van der Waals surface area contributed by atoms with Gasteiger partial charge in [-0.15, -0.1) is 0 Å². The minimum absolute atomic E-state index is 0.174. The molecule has 0 bridgehead atoms. The molecule has 0 atom stereocenters. The summed E-state index contributed by atoms with van der Waals surface area (Å²) in [6, 6.07) is 1.44. The molecule has 0 aliphatic carbocycles. The molecule has 0 saturated carbocycles. The second-order valence-electron chi connectivity index (χ2n) is 4.17. The third-order valence-electron chi connectivity index (χ3n) is 2.45. The fourth-order valence-electron chi connectivity index (χ4n) is 1.60. The number of hydrogen-bond acceptors (Lipinski definition) is 7. The second kappa shape index (κ2) is 5.45. The Hall–Kier alpha value is -1.80. The molecule has 0 radical (unpaired) electrons. The van der Waals surface area contributed by atoms with E-state index in [1.807, 2.05) is 0 Å². The molecule has 0 aromatic carbocycles. The van der Waals surface area contributed by atoms with Crippen molar-refractivity contribution in [2.24, 2.45) is 0 Å². The van der Waals surface area contributed by atoms with Gasteiger partial charge in [-0.1, -0.05) is 11.3 Å². The number of aromatic nitrogens is 3. The lowest BCUT2D eigenvalue weighted by Gasteiger charge is -2.12. The van der Waals surface area contributed by atoms with E-state index >= 15 is 0 Å². The Morgan fingerprint density at radius 3 is 3.00 bits per heavy atom. The van der Waals surface area contributed by atoms with Gasteiger partial charge in [0.25, 0.3) is 5.56 Å². The summed E-state index contributed by atoms with van der Waals surface area (Å²) < 4.78 is 5.86. The molecule has 102 valence electrons. The average molecular weight is 282 g/mol. The Bertz CT molecular complexity index is 663. The first-order valence-corrected chi connectivity index (χ1v) is 6.43. The molecule has 0 aliphatic rings. The van der Waals surface area contributed by atoms with E-state index in [-0.39, 0.29) is 18.1 Å². The molecule has 8 heteroatoms. The maximum Gasteiger partial charge on any atom is 0.319 e. The number of methoxy groups -OCH3 is 1. The van der Waals surface area contributed by atoms with Gasteiger partial charge < -0.3 is 4.74 Å². The maximum atomic E-state index is 11.7. The topological polar surface area (TPSA) is 76.8 Å². The van der Waals surface area contributed by atoms with Crippen LogP contribution in [-0.4, -0.2) is 46.2 Å². The van der Waals surface area contributed by atoms with Crippen molar-refractivity contribution < 1.29 is 9.53 Å². The number of fused-ring (bicyclic) bond motifs is 1. The monoisotopic (exact) mass is 282 g/mol. The number of ether oxygens (including phenoxy) is 1. The van der Waals surface area contributed by atoms with Gasteiger partial charge in [-0.25, -0.2) is 4.98 Å². The standard InChI is InChI=1S/C11H14N4O3S/c1-7-4-9(16)15-11(12-7)19-8(13-15)5-14(2)6-10(17)18-3/h4H,5-6H2,1-3H3. The predicted octanol–water partition coefficient (Wildman–Crippen LogP) is 0.0642. The van der Waals surface area contributed by atoms with Crippen molar-refractivity contribution in [1.29, 1.82) is 0 Å². The third kappa shape index (κ3) is 3.15. The summed E-state index contributed by atoms with van der Waals surface area (Å²) in [7, 11) is 3.13. The van der Waals surface area contributed by atoms with Gasteiger partial charge in [0, 0.05) is 11.8 Å². The van der Waals surface area contributed by atoms with Gasteiger partial charge in [0.05, 0.1) is 20.2 Å². The van der Waals surface area contributed by atoms with Crippen LogP contribution >= 0.6 is 11.3 Å². The number of likely N-dealkylation sites (N-methyl/N-ethyl adjacent to an activating group) is 1. The van der Waals surface area contributed by atoms with E-state index in [2.05, 4.69) is 14.8 Å². The number of aryl methyl sites for hydroxylation is 1. The summed E-state index contributed by atoms with van der Waals surface area (Å²) >= 11 is 1.34. The molecule has 19 heavy (non-hydrogen) atoms. The van der Waals surface area contributed by atoms with Crippen molar-refractivity contribution in [1.82, 2.24) is 19.5 Å². The van der Waals surface area contributed by atoms with E-state index in [1.54, 1.807) is 18.9 Å². The Balaban J connectivity index is 2.20. The number of hydrogen-bond donors (Lipinski definition) is 0. The minimum Gasteiger partial charge on any atom is -0.468 e. The van der Waals surface area contributed by atoms with Crippen molar-refractivity contribution in [3.05, 3.63) is 27.1 Å². The predicted molar refractivity (Wildman–Crippen MR) is 70.2 cm³/mol. The van der Waals surface area contributed by atoms with Crippen molar-refractivity contribution in [2.75, 3.05) is 20.7 Å². The van der Waals surface area contributed by atoms with Crippen LogP contribution in [0.1, 0.15) is 10.7 Å². The molecule has 0 unspecified atom stereocenters. The molecule has 2 aromatic heterocycles. The first-order valence-electron chi connectivity index (χ1n) is 5.61. The highest BCUT2D eigenvalue weighted by molar-refractivity contribution is 7.16. The number of carbonyl (C=O) groups is 1.